The number of nitrogens with zero attached hydrogens (tertiary/aromatic N) is 6. The zero-order chi connectivity index (χ0) is 22.8. The highest BCUT2D eigenvalue weighted by atomic mass is 32.1. The minimum Gasteiger partial charge on any atom is -0.379 e. The largest absolute Gasteiger partial charge is 0.379 e. The fourth-order valence-electron chi connectivity index (χ4n) is 4.22. The zero-order valence-electron chi connectivity index (χ0n) is 19.0. The van der Waals surface area contributed by atoms with Crippen LogP contribution in [0.4, 0.5) is 5.13 Å². The van der Waals surface area contributed by atoms with Crippen molar-refractivity contribution in [1.29, 1.82) is 0 Å². The van der Waals surface area contributed by atoms with Gasteiger partial charge in [0.2, 0.25) is 0 Å². The number of rotatable bonds is 7. The monoisotopic (exact) mass is 464 g/mol. The van der Waals surface area contributed by atoms with Gasteiger partial charge in [-0.25, -0.2) is 9.67 Å². The molecule has 33 heavy (non-hydrogen) atoms. The minimum absolute atomic E-state index is 0.0259. The topological polar surface area (TPSA) is 76.4 Å². The normalized spacial score (nSPS) is 14.8. The van der Waals surface area contributed by atoms with Crippen molar-refractivity contribution in [2.24, 2.45) is 0 Å². The van der Waals surface area contributed by atoms with Crippen LogP contribution in [0.15, 0.2) is 36.4 Å². The van der Waals surface area contributed by atoms with Gasteiger partial charge in [-0.3, -0.25) is 14.6 Å². The average molecular weight is 465 g/mol. The van der Waals surface area contributed by atoms with Crippen LogP contribution in [0.5, 0.6) is 0 Å². The number of morpholine rings is 1. The van der Waals surface area contributed by atoms with E-state index >= 15 is 0 Å². The lowest BCUT2D eigenvalue weighted by atomic mass is 10.1. The molecular weight excluding hydrogens is 436 g/mol. The molecule has 1 aliphatic heterocycles. The van der Waals surface area contributed by atoms with E-state index in [-0.39, 0.29) is 12.5 Å². The molecule has 2 aromatic heterocycles. The Morgan fingerprint density at radius 3 is 2.73 bits per heavy atom. The third-order valence-electron chi connectivity index (χ3n) is 6.13. The van der Waals surface area contributed by atoms with Crippen LogP contribution in [-0.2, 0) is 16.1 Å². The molecule has 0 spiro atoms. The molecule has 0 bridgehead atoms. The van der Waals surface area contributed by atoms with Crippen molar-refractivity contribution < 1.29 is 9.53 Å². The Hall–Kier alpha value is -2.88. The van der Waals surface area contributed by atoms with Crippen molar-refractivity contribution in [2.75, 3.05) is 44.3 Å². The summed E-state index contributed by atoms with van der Waals surface area (Å²) < 4.78 is 8.27. The second-order valence-electron chi connectivity index (χ2n) is 8.46. The van der Waals surface area contributed by atoms with E-state index in [0.717, 1.165) is 71.2 Å². The summed E-state index contributed by atoms with van der Waals surface area (Å²) in [5.74, 6) is -0.0259. The van der Waals surface area contributed by atoms with Gasteiger partial charge in [0, 0.05) is 26.2 Å². The van der Waals surface area contributed by atoms with Crippen LogP contribution in [0.25, 0.3) is 21.3 Å². The number of aromatic nitrogens is 4. The van der Waals surface area contributed by atoms with E-state index in [1.807, 2.05) is 29.2 Å². The molecule has 8 nitrogen and oxygen atoms in total. The number of hydrogen-bond donors (Lipinski definition) is 0. The highest BCUT2D eigenvalue weighted by Crippen LogP contribution is 2.33. The lowest BCUT2D eigenvalue weighted by Gasteiger charge is -2.27. The van der Waals surface area contributed by atoms with Gasteiger partial charge in [0.1, 0.15) is 12.1 Å². The highest BCUT2D eigenvalue weighted by Gasteiger charge is 2.23. The Kier molecular flexibility index (Phi) is 6.34. The van der Waals surface area contributed by atoms with E-state index in [1.54, 1.807) is 16.0 Å². The maximum Gasteiger partial charge on any atom is 0.250 e. The number of carbonyl (C=O) groups excluding carboxylic acids is 1. The van der Waals surface area contributed by atoms with Gasteiger partial charge in [0.15, 0.2) is 5.13 Å². The van der Waals surface area contributed by atoms with Crippen LogP contribution < -0.4 is 4.90 Å². The summed E-state index contributed by atoms with van der Waals surface area (Å²) in [5, 5.41) is 9.16. The van der Waals surface area contributed by atoms with Crippen molar-refractivity contribution >= 4 is 43.6 Å². The molecule has 0 N–H and O–H groups in total. The molecule has 1 aliphatic rings. The molecule has 1 amide bonds. The van der Waals surface area contributed by atoms with Gasteiger partial charge in [-0.1, -0.05) is 40.8 Å². The number of thiazole rings is 1. The van der Waals surface area contributed by atoms with Gasteiger partial charge >= 0.3 is 0 Å². The van der Waals surface area contributed by atoms with Crippen LogP contribution in [0.3, 0.4) is 0 Å². The van der Waals surface area contributed by atoms with Crippen molar-refractivity contribution in [2.45, 2.75) is 26.8 Å². The number of fused-ring (bicyclic) bond motifs is 2. The first kappa shape index (κ1) is 21.9. The molecule has 9 heteroatoms. The van der Waals surface area contributed by atoms with E-state index in [1.165, 1.54) is 5.56 Å². The van der Waals surface area contributed by atoms with E-state index in [0.29, 0.717) is 6.54 Å². The zero-order valence-corrected chi connectivity index (χ0v) is 19.8. The predicted octanol–water partition coefficient (Wildman–Crippen LogP) is 3.41. The number of benzene rings is 2. The highest BCUT2D eigenvalue weighted by molar-refractivity contribution is 7.22. The molecule has 4 aromatic rings. The summed E-state index contributed by atoms with van der Waals surface area (Å²) in [6, 6.07) is 11.9. The lowest BCUT2D eigenvalue weighted by molar-refractivity contribution is -0.119. The molecule has 0 radical (unpaired) electrons. The van der Waals surface area contributed by atoms with Gasteiger partial charge in [-0.2, -0.15) is 0 Å². The summed E-state index contributed by atoms with van der Waals surface area (Å²) in [6.07, 6.45) is 0.873. The van der Waals surface area contributed by atoms with Crippen molar-refractivity contribution in [1.82, 2.24) is 24.9 Å². The van der Waals surface area contributed by atoms with Crippen molar-refractivity contribution in [3.05, 3.63) is 47.5 Å². The number of carbonyl (C=O) groups is 1. The molecule has 0 atom stereocenters. The smallest absolute Gasteiger partial charge is 0.250 e. The third-order valence-corrected chi connectivity index (χ3v) is 7.34. The van der Waals surface area contributed by atoms with Crippen LogP contribution in [0.1, 0.15) is 17.5 Å². The first-order valence-electron chi connectivity index (χ1n) is 11.4. The molecule has 0 saturated carbocycles. The van der Waals surface area contributed by atoms with Crippen LogP contribution in [0.2, 0.25) is 0 Å². The number of para-hydroxylation sites is 1. The Labute approximate surface area is 196 Å². The Balaban J connectivity index is 1.41. The van der Waals surface area contributed by atoms with E-state index in [2.05, 4.69) is 41.2 Å². The first-order chi connectivity index (χ1) is 16.1. The van der Waals surface area contributed by atoms with Crippen LogP contribution in [0, 0.1) is 13.8 Å². The van der Waals surface area contributed by atoms with E-state index in [4.69, 9.17) is 9.72 Å². The van der Waals surface area contributed by atoms with Gasteiger partial charge in [0.05, 0.1) is 28.9 Å². The van der Waals surface area contributed by atoms with Crippen LogP contribution >= 0.6 is 11.3 Å². The number of anilines is 1. The Morgan fingerprint density at radius 2 is 1.91 bits per heavy atom. The summed E-state index contributed by atoms with van der Waals surface area (Å²) in [4.78, 5) is 22.7. The summed E-state index contributed by atoms with van der Waals surface area (Å²) in [7, 11) is 0. The SMILES string of the molecule is Cc1ccc(C)c2sc(N(CCCN3CCOCC3)C(=O)Cn3nnc4ccccc43)nc12. The van der Waals surface area contributed by atoms with E-state index in [9.17, 15) is 4.79 Å². The van der Waals surface area contributed by atoms with Gasteiger partial charge in [-0.15, -0.1) is 5.10 Å². The molecule has 0 unspecified atom stereocenters. The molecule has 0 aliphatic carbocycles. The van der Waals surface area contributed by atoms with Crippen molar-refractivity contribution in [3.8, 4) is 0 Å². The van der Waals surface area contributed by atoms with Gasteiger partial charge in [0.25, 0.3) is 5.91 Å². The molecule has 2 aromatic carbocycles. The standard InChI is InChI=1S/C24H28N6O2S/c1-17-8-9-18(2)23-22(17)25-24(33-23)29(11-5-10-28-12-14-32-15-13-28)21(31)16-30-20-7-4-3-6-19(20)26-27-30/h3-4,6-9H,5,10-16H2,1-2H3. The molecular formula is C24H28N6O2S. The number of hydrogen-bond acceptors (Lipinski definition) is 7. The van der Waals surface area contributed by atoms with E-state index < -0.39 is 0 Å². The Bertz CT molecular complexity index is 1240. The molecule has 172 valence electrons. The fraction of sp³-hybridized carbons (Fsp3) is 0.417. The lowest BCUT2D eigenvalue weighted by Crippen LogP contribution is -2.40. The maximum absolute atomic E-state index is 13.6. The molecule has 1 fully saturated rings. The molecule has 1 saturated heterocycles. The fourth-order valence-corrected chi connectivity index (χ4v) is 5.37. The van der Waals surface area contributed by atoms with Gasteiger partial charge in [-0.05, 0) is 43.5 Å². The second-order valence-corrected chi connectivity index (χ2v) is 9.44. The maximum atomic E-state index is 13.6. The first-order valence-corrected chi connectivity index (χ1v) is 12.2. The number of amides is 1. The molecule has 3 heterocycles. The quantitative estimate of drug-likeness (QED) is 0.417. The van der Waals surface area contributed by atoms with Gasteiger partial charge < -0.3 is 4.74 Å². The summed E-state index contributed by atoms with van der Waals surface area (Å²) >= 11 is 1.59. The van der Waals surface area contributed by atoms with Crippen LogP contribution in [-0.4, -0.2) is 70.2 Å². The number of ether oxygens (including phenoxy) is 1. The Morgan fingerprint density at radius 1 is 1.12 bits per heavy atom. The summed E-state index contributed by atoms with van der Waals surface area (Å²) in [6.45, 7) is 9.27. The second kappa shape index (κ2) is 9.54. The van der Waals surface area contributed by atoms with Crippen molar-refractivity contribution in [3.63, 3.8) is 0 Å². The predicted molar refractivity (Wildman–Crippen MR) is 131 cm³/mol. The summed E-state index contributed by atoms with van der Waals surface area (Å²) in [5.41, 5.74) is 4.93. The molecule has 5 rings (SSSR count). The minimum atomic E-state index is -0.0259. The number of aryl methyl sites for hydroxylation is 2. The third kappa shape index (κ3) is 4.62. The average Bonchev–Trinajstić information content (AvgIpc) is 3.46.